The molecule has 3 heterocycles. The molecule has 3 rings (SSSR count). The Morgan fingerprint density at radius 3 is 2.88 bits per heavy atom. The molecule has 0 spiro atoms. The largest absolute Gasteiger partial charge is 0.322 e. The molecule has 2 aromatic heterocycles. The summed E-state index contributed by atoms with van der Waals surface area (Å²) in [4.78, 5) is 14.7. The summed E-state index contributed by atoms with van der Waals surface area (Å²) in [5.41, 5.74) is 3.68. The van der Waals surface area contributed by atoms with E-state index in [2.05, 4.69) is 31.7 Å². The third-order valence-electron chi connectivity index (χ3n) is 4.65. The molecule has 1 fully saturated rings. The molecule has 24 heavy (non-hydrogen) atoms. The number of piperidine rings is 1. The maximum absolute atomic E-state index is 12.5. The van der Waals surface area contributed by atoms with Gasteiger partial charge < -0.3 is 5.32 Å². The number of carbonyl (C=O) groups is 1. The van der Waals surface area contributed by atoms with E-state index in [0.717, 1.165) is 43.0 Å². The second kappa shape index (κ2) is 7.17. The minimum absolute atomic E-state index is 0.0196. The van der Waals surface area contributed by atoms with Crippen molar-refractivity contribution in [3.05, 3.63) is 29.3 Å². The topological polar surface area (TPSA) is 78.8 Å². The van der Waals surface area contributed by atoms with Gasteiger partial charge in [-0.3, -0.25) is 19.5 Å². The van der Waals surface area contributed by atoms with E-state index in [1.165, 1.54) is 12.0 Å². The van der Waals surface area contributed by atoms with Crippen LogP contribution in [0.2, 0.25) is 0 Å². The maximum Gasteiger partial charge on any atom is 0.238 e. The number of carbonyl (C=O) groups excluding carboxylic acids is 1. The smallest absolute Gasteiger partial charge is 0.238 e. The number of aryl methyl sites for hydroxylation is 3. The van der Waals surface area contributed by atoms with Crippen LogP contribution >= 0.6 is 0 Å². The summed E-state index contributed by atoms with van der Waals surface area (Å²) < 4.78 is 1.99. The number of likely N-dealkylation sites (tertiary alicyclic amines) is 1. The Kier molecular flexibility index (Phi) is 4.99. The Balaban J connectivity index is 1.62. The summed E-state index contributed by atoms with van der Waals surface area (Å²) in [5.74, 6) is 0.0196. The number of rotatable bonds is 5. The number of hydrogen-bond donors (Lipinski definition) is 2. The van der Waals surface area contributed by atoms with E-state index in [1.54, 1.807) is 0 Å². The van der Waals surface area contributed by atoms with Gasteiger partial charge in [-0.05, 0) is 45.7 Å². The van der Waals surface area contributed by atoms with Crippen LogP contribution in [0.5, 0.6) is 0 Å². The number of hydrogen-bond acceptors (Lipinski definition) is 4. The molecule has 130 valence electrons. The summed E-state index contributed by atoms with van der Waals surface area (Å²) in [6.45, 7) is 8.06. The summed E-state index contributed by atoms with van der Waals surface area (Å²) in [6, 6.07) is 0.357. The van der Waals surface area contributed by atoms with Gasteiger partial charge in [0, 0.05) is 12.2 Å². The fraction of sp³-hybridized carbons (Fsp3) is 0.588. The first-order valence-electron chi connectivity index (χ1n) is 8.57. The van der Waals surface area contributed by atoms with Gasteiger partial charge in [-0.15, -0.1) is 0 Å². The highest BCUT2D eigenvalue weighted by molar-refractivity contribution is 5.93. The highest BCUT2D eigenvalue weighted by Gasteiger charge is 2.25. The first kappa shape index (κ1) is 16.7. The van der Waals surface area contributed by atoms with Crippen LogP contribution in [0.25, 0.3) is 0 Å². The van der Waals surface area contributed by atoms with Crippen molar-refractivity contribution in [2.45, 2.75) is 52.6 Å². The zero-order chi connectivity index (χ0) is 17.1. The number of nitrogens with one attached hydrogen (secondary N) is 2. The van der Waals surface area contributed by atoms with Crippen LogP contribution < -0.4 is 5.32 Å². The maximum atomic E-state index is 12.5. The summed E-state index contributed by atoms with van der Waals surface area (Å²) >= 11 is 0. The van der Waals surface area contributed by atoms with Crippen molar-refractivity contribution >= 4 is 11.6 Å². The molecule has 1 amide bonds. The van der Waals surface area contributed by atoms with Crippen LogP contribution in [0.3, 0.4) is 0 Å². The van der Waals surface area contributed by atoms with Crippen molar-refractivity contribution < 1.29 is 4.79 Å². The predicted octanol–water partition coefficient (Wildman–Crippen LogP) is 2.02. The second-order valence-electron chi connectivity index (χ2n) is 6.72. The Morgan fingerprint density at radius 2 is 2.21 bits per heavy atom. The number of amides is 1. The van der Waals surface area contributed by atoms with Crippen LogP contribution in [-0.2, 0) is 11.3 Å². The van der Waals surface area contributed by atoms with Gasteiger partial charge >= 0.3 is 0 Å². The van der Waals surface area contributed by atoms with Gasteiger partial charge in [-0.2, -0.15) is 10.2 Å². The van der Waals surface area contributed by atoms with Crippen LogP contribution in [0.1, 0.15) is 36.2 Å². The first-order valence-corrected chi connectivity index (χ1v) is 8.57. The molecule has 0 aromatic carbocycles. The van der Waals surface area contributed by atoms with E-state index in [1.807, 2.05) is 31.6 Å². The molecular formula is C17H26N6O. The van der Waals surface area contributed by atoms with Crippen LogP contribution in [-0.4, -0.2) is 49.9 Å². The Morgan fingerprint density at radius 1 is 1.38 bits per heavy atom. The molecule has 0 unspecified atom stereocenters. The van der Waals surface area contributed by atoms with Gasteiger partial charge in [0.15, 0.2) is 0 Å². The molecule has 1 saturated heterocycles. The van der Waals surface area contributed by atoms with Gasteiger partial charge in [0.05, 0.1) is 36.4 Å². The van der Waals surface area contributed by atoms with Crippen molar-refractivity contribution in [2.75, 3.05) is 18.4 Å². The number of aromatic nitrogens is 4. The van der Waals surface area contributed by atoms with Gasteiger partial charge in [-0.25, -0.2) is 0 Å². The van der Waals surface area contributed by atoms with Crippen LogP contribution in [0, 0.1) is 20.8 Å². The molecule has 2 N–H and O–H groups in total. The molecule has 1 aliphatic rings. The molecular weight excluding hydrogens is 304 g/mol. The highest BCUT2D eigenvalue weighted by atomic mass is 16.2. The quantitative estimate of drug-likeness (QED) is 0.879. The van der Waals surface area contributed by atoms with Crippen molar-refractivity contribution in [1.82, 2.24) is 24.9 Å². The lowest BCUT2D eigenvalue weighted by molar-refractivity contribution is -0.118. The van der Waals surface area contributed by atoms with Gasteiger partial charge in [-0.1, -0.05) is 6.42 Å². The molecule has 7 heteroatoms. The lowest BCUT2D eigenvalue weighted by Crippen LogP contribution is -2.46. The number of aromatic amines is 1. The lowest BCUT2D eigenvalue weighted by Gasteiger charge is -2.35. The van der Waals surface area contributed by atoms with Crippen molar-refractivity contribution in [1.29, 1.82) is 0 Å². The van der Waals surface area contributed by atoms with Gasteiger partial charge in [0.2, 0.25) is 5.91 Å². The number of H-pyrrole nitrogens is 1. The third-order valence-corrected chi connectivity index (χ3v) is 4.65. The minimum atomic E-state index is 0.0196. The third kappa shape index (κ3) is 3.84. The molecule has 7 nitrogen and oxygen atoms in total. The fourth-order valence-corrected chi connectivity index (χ4v) is 3.36. The Bertz CT molecular complexity index is 684. The highest BCUT2D eigenvalue weighted by Crippen LogP contribution is 2.20. The molecule has 0 saturated carbocycles. The van der Waals surface area contributed by atoms with E-state index < -0.39 is 0 Å². The standard InChI is InChI=1S/C17H26N6O/c1-12-8-18-23(9-12)10-15-6-4-5-7-22(15)11-16(24)19-17-13(2)20-21-14(17)3/h8-9,15H,4-7,10-11H2,1-3H3,(H,19,24)(H,20,21)/t15-/m1/s1. The van der Waals surface area contributed by atoms with Gasteiger partial charge in [0.25, 0.3) is 0 Å². The van der Waals surface area contributed by atoms with E-state index in [0.29, 0.717) is 12.6 Å². The number of anilines is 1. The van der Waals surface area contributed by atoms with E-state index in [9.17, 15) is 4.79 Å². The summed E-state index contributed by atoms with van der Waals surface area (Å²) in [5, 5.41) is 14.4. The lowest BCUT2D eigenvalue weighted by atomic mass is 10.0. The predicted molar refractivity (Wildman–Crippen MR) is 92.9 cm³/mol. The normalized spacial score (nSPS) is 18.7. The molecule has 0 radical (unpaired) electrons. The van der Waals surface area contributed by atoms with Gasteiger partial charge in [0.1, 0.15) is 0 Å². The molecule has 0 bridgehead atoms. The van der Waals surface area contributed by atoms with E-state index in [4.69, 9.17) is 0 Å². The molecule has 0 aliphatic carbocycles. The summed E-state index contributed by atoms with van der Waals surface area (Å²) in [6.07, 6.45) is 7.40. The fourth-order valence-electron chi connectivity index (χ4n) is 3.36. The zero-order valence-electron chi connectivity index (χ0n) is 14.7. The van der Waals surface area contributed by atoms with Crippen molar-refractivity contribution in [3.63, 3.8) is 0 Å². The van der Waals surface area contributed by atoms with Crippen LogP contribution in [0.4, 0.5) is 5.69 Å². The monoisotopic (exact) mass is 330 g/mol. The Labute approximate surface area is 142 Å². The van der Waals surface area contributed by atoms with E-state index >= 15 is 0 Å². The minimum Gasteiger partial charge on any atom is -0.322 e. The van der Waals surface area contributed by atoms with Crippen molar-refractivity contribution in [3.8, 4) is 0 Å². The molecule has 1 atom stereocenters. The summed E-state index contributed by atoms with van der Waals surface area (Å²) in [7, 11) is 0. The SMILES string of the molecule is Cc1cnn(C[C@H]2CCCCN2CC(=O)Nc2c(C)n[nH]c2C)c1. The van der Waals surface area contributed by atoms with Crippen molar-refractivity contribution in [2.24, 2.45) is 0 Å². The van der Waals surface area contributed by atoms with E-state index in [-0.39, 0.29) is 5.91 Å². The first-order chi connectivity index (χ1) is 11.5. The molecule has 1 aliphatic heterocycles. The average Bonchev–Trinajstić information content (AvgIpc) is 3.09. The second-order valence-corrected chi connectivity index (χ2v) is 6.72. The number of nitrogens with zero attached hydrogens (tertiary/aromatic N) is 4. The average molecular weight is 330 g/mol. The van der Waals surface area contributed by atoms with Crippen LogP contribution in [0.15, 0.2) is 12.4 Å². The Hall–Kier alpha value is -2.15. The molecule has 2 aromatic rings. The zero-order valence-corrected chi connectivity index (χ0v) is 14.7.